The van der Waals surface area contributed by atoms with Crippen molar-refractivity contribution in [2.24, 2.45) is 0 Å². The van der Waals surface area contributed by atoms with Crippen LogP contribution in [-0.2, 0) is 9.84 Å². The lowest BCUT2D eigenvalue weighted by molar-refractivity contribution is 0.189. The molecule has 8 heteroatoms. The fourth-order valence-electron chi connectivity index (χ4n) is 1.47. The van der Waals surface area contributed by atoms with Crippen LogP contribution in [0.5, 0.6) is 0 Å². The van der Waals surface area contributed by atoms with E-state index >= 15 is 0 Å². The predicted octanol–water partition coefficient (Wildman–Crippen LogP) is 1.09. The van der Waals surface area contributed by atoms with Crippen molar-refractivity contribution in [1.29, 1.82) is 0 Å². The van der Waals surface area contributed by atoms with Crippen molar-refractivity contribution in [2.75, 3.05) is 23.3 Å². The summed E-state index contributed by atoms with van der Waals surface area (Å²) in [6.45, 7) is 3.96. The van der Waals surface area contributed by atoms with Gasteiger partial charge in [-0.05, 0) is 31.3 Å². The SMILES string of the molecule is CCCS(=O)(=O)c1c(N)nsc1NCCC(C)O. The van der Waals surface area contributed by atoms with E-state index in [4.69, 9.17) is 10.8 Å². The molecule has 0 saturated heterocycles. The Morgan fingerprint density at radius 3 is 2.78 bits per heavy atom. The summed E-state index contributed by atoms with van der Waals surface area (Å²) in [6, 6.07) is 0. The highest BCUT2D eigenvalue weighted by Gasteiger charge is 2.24. The second kappa shape index (κ2) is 6.35. The number of sulfone groups is 1. The molecular formula is C10H19N3O3S2. The number of nitrogens with zero attached hydrogens (tertiary/aromatic N) is 1. The maximum Gasteiger partial charge on any atom is 0.185 e. The van der Waals surface area contributed by atoms with Gasteiger partial charge >= 0.3 is 0 Å². The van der Waals surface area contributed by atoms with Crippen LogP contribution < -0.4 is 11.1 Å². The zero-order chi connectivity index (χ0) is 13.8. The van der Waals surface area contributed by atoms with Crippen LogP contribution in [0.1, 0.15) is 26.7 Å². The number of nitrogen functional groups attached to an aromatic ring is 1. The molecule has 6 nitrogen and oxygen atoms in total. The van der Waals surface area contributed by atoms with E-state index in [1.165, 1.54) is 0 Å². The van der Waals surface area contributed by atoms with Crippen molar-refractivity contribution >= 4 is 32.2 Å². The lowest BCUT2D eigenvalue weighted by atomic mass is 10.3. The Hall–Kier alpha value is -0.860. The van der Waals surface area contributed by atoms with Crippen molar-refractivity contribution in [3.05, 3.63) is 0 Å². The highest BCUT2D eigenvalue weighted by atomic mass is 32.2. The Balaban J connectivity index is 2.88. The molecule has 1 aromatic heterocycles. The summed E-state index contributed by atoms with van der Waals surface area (Å²) < 4.78 is 27.9. The number of anilines is 2. The Kier molecular flexibility index (Phi) is 5.36. The Labute approximate surface area is 111 Å². The summed E-state index contributed by atoms with van der Waals surface area (Å²) in [5.74, 6) is 0.105. The summed E-state index contributed by atoms with van der Waals surface area (Å²) in [5, 5.41) is 12.6. The molecule has 0 aliphatic carbocycles. The maximum absolute atomic E-state index is 12.0. The second-order valence-corrected chi connectivity index (χ2v) is 6.93. The average Bonchev–Trinajstić information content (AvgIpc) is 2.60. The number of nitrogens with one attached hydrogen (secondary N) is 1. The van der Waals surface area contributed by atoms with E-state index < -0.39 is 15.9 Å². The van der Waals surface area contributed by atoms with Crippen LogP contribution in [0.15, 0.2) is 4.90 Å². The average molecular weight is 293 g/mol. The Morgan fingerprint density at radius 2 is 2.22 bits per heavy atom. The molecule has 0 aromatic carbocycles. The molecule has 18 heavy (non-hydrogen) atoms. The minimum Gasteiger partial charge on any atom is -0.393 e. The summed E-state index contributed by atoms with van der Waals surface area (Å²) >= 11 is 1.03. The van der Waals surface area contributed by atoms with Gasteiger partial charge in [0.2, 0.25) is 0 Å². The van der Waals surface area contributed by atoms with E-state index in [1.807, 2.05) is 0 Å². The molecule has 0 spiro atoms. The normalized spacial score (nSPS) is 13.5. The van der Waals surface area contributed by atoms with Crippen LogP contribution in [0, 0.1) is 0 Å². The number of hydrogen-bond donors (Lipinski definition) is 3. The van der Waals surface area contributed by atoms with E-state index in [2.05, 4.69) is 9.69 Å². The van der Waals surface area contributed by atoms with E-state index in [-0.39, 0.29) is 16.5 Å². The number of rotatable bonds is 7. The predicted molar refractivity (Wildman–Crippen MR) is 73.7 cm³/mol. The smallest absolute Gasteiger partial charge is 0.185 e. The van der Waals surface area contributed by atoms with Gasteiger partial charge in [-0.2, -0.15) is 4.37 Å². The first-order valence-electron chi connectivity index (χ1n) is 5.78. The van der Waals surface area contributed by atoms with Gasteiger partial charge in [-0.1, -0.05) is 6.92 Å². The molecule has 0 amide bonds. The van der Waals surface area contributed by atoms with Crippen LogP contribution >= 0.6 is 11.5 Å². The molecule has 0 aliphatic heterocycles. The minimum absolute atomic E-state index is 0.0491. The van der Waals surface area contributed by atoms with Crippen molar-refractivity contribution in [1.82, 2.24) is 4.37 Å². The summed E-state index contributed by atoms with van der Waals surface area (Å²) in [4.78, 5) is 0.0972. The Morgan fingerprint density at radius 1 is 1.56 bits per heavy atom. The second-order valence-electron chi connectivity index (χ2n) is 4.11. The molecule has 4 N–H and O–H groups in total. The molecule has 1 rings (SSSR count). The van der Waals surface area contributed by atoms with Crippen molar-refractivity contribution in [3.8, 4) is 0 Å². The largest absolute Gasteiger partial charge is 0.393 e. The van der Waals surface area contributed by atoms with Crippen molar-refractivity contribution < 1.29 is 13.5 Å². The standard InChI is InChI=1S/C10H19N3O3S2/c1-3-6-18(15,16)8-9(11)13-17-10(8)12-5-4-7(2)14/h7,12,14H,3-6H2,1-2H3,(H2,11,13). The molecule has 104 valence electrons. The van der Waals surface area contributed by atoms with Crippen LogP contribution in [0.25, 0.3) is 0 Å². The minimum atomic E-state index is -3.38. The molecule has 0 radical (unpaired) electrons. The third kappa shape index (κ3) is 3.82. The number of aliphatic hydroxyl groups excluding tert-OH is 1. The van der Waals surface area contributed by atoms with Gasteiger partial charge < -0.3 is 16.2 Å². The monoisotopic (exact) mass is 293 g/mol. The molecule has 0 bridgehead atoms. The lowest BCUT2D eigenvalue weighted by Gasteiger charge is -2.08. The molecule has 1 atom stereocenters. The third-order valence-electron chi connectivity index (χ3n) is 2.31. The summed E-state index contributed by atoms with van der Waals surface area (Å²) in [5.41, 5.74) is 5.62. The zero-order valence-electron chi connectivity index (χ0n) is 10.5. The molecular weight excluding hydrogens is 274 g/mol. The van der Waals surface area contributed by atoms with E-state index in [1.54, 1.807) is 13.8 Å². The van der Waals surface area contributed by atoms with Gasteiger partial charge in [0.05, 0.1) is 11.9 Å². The molecule has 1 unspecified atom stereocenters. The van der Waals surface area contributed by atoms with E-state index in [9.17, 15) is 8.42 Å². The van der Waals surface area contributed by atoms with Gasteiger partial charge in [-0.15, -0.1) is 0 Å². The molecule has 0 fully saturated rings. The topological polar surface area (TPSA) is 105 Å². The summed E-state index contributed by atoms with van der Waals surface area (Å²) in [7, 11) is -3.38. The van der Waals surface area contributed by atoms with E-state index in [0.29, 0.717) is 24.4 Å². The maximum atomic E-state index is 12.0. The first kappa shape index (κ1) is 15.2. The van der Waals surface area contributed by atoms with Gasteiger partial charge in [0, 0.05) is 6.54 Å². The third-order valence-corrected chi connectivity index (χ3v) is 5.23. The number of hydrogen-bond acceptors (Lipinski definition) is 7. The number of aromatic nitrogens is 1. The Bertz CT molecular complexity index is 483. The van der Waals surface area contributed by atoms with Crippen LogP contribution in [0.4, 0.5) is 10.8 Å². The molecule has 1 aromatic rings. The molecule has 0 saturated carbocycles. The highest BCUT2D eigenvalue weighted by Crippen LogP contribution is 2.32. The van der Waals surface area contributed by atoms with Gasteiger partial charge in [0.1, 0.15) is 9.90 Å². The van der Waals surface area contributed by atoms with Gasteiger partial charge in [-0.3, -0.25) is 0 Å². The van der Waals surface area contributed by atoms with E-state index in [0.717, 1.165) is 11.5 Å². The van der Waals surface area contributed by atoms with Crippen LogP contribution in [0.2, 0.25) is 0 Å². The lowest BCUT2D eigenvalue weighted by Crippen LogP contribution is -2.13. The molecule has 1 heterocycles. The van der Waals surface area contributed by atoms with Gasteiger partial charge in [0.15, 0.2) is 15.7 Å². The number of nitrogens with two attached hydrogens (primary N) is 1. The fourth-order valence-corrected chi connectivity index (χ4v) is 4.12. The van der Waals surface area contributed by atoms with Crippen LogP contribution in [-0.4, -0.2) is 36.3 Å². The van der Waals surface area contributed by atoms with Gasteiger partial charge in [0.25, 0.3) is 0 Å². The number of aliphatic hydroxyl groups is 1. The molecule has 0 aliphatic rings. The fraction of sp³-hybridized carbons (Fsp3) is 0.700. The first-order valence-corrected chi connectivity index (χ1v) is 8.21. The first-order chi connectivity index (χ1) is 8.38. The zero-order valence-corrected chi connectivity index (χ0v) is 12.1. The highest BCUT2D eigenvalue weighted by molar-refractivity contribution is 7.91. The van der Waals surface area contributed by atoms with Crippen LogP contribution in [0.3, 0.4) is 0 Å². The quantitative estimate of drug-likeness (QED) is 0.695. The van der Waals surface area contributed by atoms with Crippen molar-refractivity contribution in [3.63, 3.8) is 0 Å². The van der Waals surface area contributed by atoms with Crippen molar-refractivity contribution in [2.45, 2.75) is 37.7 Å². The summed E-state index contributed by atoms with van der Waals surface area (Å²) in [6.07, 6.45) is 0.633. The van der Waals surface area contributed by atoms with Gasteiger partial charge in [-0.25, -0.2) is 8.42 Å².